The summed E-state index contributed by atoms with van der Waals surface area (Å²) in [6.07, 6.45) is 2.01. The highest BCUT2D eigenvalue weighted by atomic mass is 32.2. The van der Waals surface area contributed by atoms with Crippen LogP contribution < -0.4 is 5.32 Å². The molecule has 2 N–H and O–H groups in total. The van der Waals surface area contributed by atoms with Crippen molar-refractivity contribution in [3.8, 4) is 0 Å². The topological polar surface area (TPSA) is 50.7 Å². The maximum absolute atomic E-state index is 9.70. The van der Waals surface area contributed by atoms with Crippen LogP contribution in [-0.4, -0.2) is 61.7 Å². The Morgan fingerprint density at radius 1 is 1.29 bits per heavy atom. The van der Waals surface area contributed by atoms with E-state index in [0.29, 0.717) is 39.0 Å². The molecular formula is C12H25NO3S. The minimum atomic E-state index is -0.411. The summed E-state index contributed by atoms with van der Waals surface area (Å²) in [6, 6.07) is 0.578. The Balaban J connectivity index is 1.91. The summed E-state index contributed by atoms with van der Waals surface area (Å²) in [6.45, 7) is 4.86. The average molecular weight is 263 g/mol. The fourth-order valence-electron chi connectivity index (χ4n) is 1.74. The molecule has 1 aliphatic rings. The maximum atomic E-state index is 9.70. The van der Waals surface area contributed by atoms with Crippen LogP contribution >= 0.6 is 11.8 Å². The van der Waals surface area contributed by atoms with E-state index in [9.17, 15) is 5.11 Å². The summed E-state index contributed by atoms with van der Waals surface area (Å²) in [7, 11) is 0. The molecule has 0 amide bonds. The molecule has 4 nitrogen and oxygen atoms in total. The molecule has 1 unspecified atom stereocenters. The standard InChI is InChI=1S/C12H25NO3S/c1-2-15-5-6-16-10-12(14)9-13-11-3-7-17-8-4-11/h11-14H,2-10H2,1H3. The first-order valence-corrected chi connectivity index (χ1v) is 7.63. The zero-order chi connectivity index (χ0) is 12.3. The molecule has 1 saturated heterocycles. The lowest BCUT2D eigenvalue weighted by Gasteiger charge is -2.24. The Hall–Kier alpha value is 0.190. The summed E-state index contributed by atoms with van der Waals surface area (Å²) in [4.78, 5) is 0. The molecule has 5 heteroatoms. The van der Waals surface area contributed by atoms with Gasteiger partial charge in [0, 0.05) is 19.2 Å². The van der Waals surface area contributed by atoms with Crippen LogP contribution in [-0.2, 0) is 9.47 Å². The smallest absolute Gasteiger partial charge is 0.0897 e. The summed E-state index contributed by atoms with van der Waals surface area (Å²) in [5.41, 5.74) is 0. The van der Waals surface area contributed by atoms with Crippen molar-refractivity contribution < 1.29 is 14.6 Å². The van der Waals surface area contributed by atoms with Crippen molar-refractivity contribution >= 4 is 11.8 Å². The van der Waals surface area contributed by atoms with Crippen molar-refractivity contribution in [3.05, 3.63) is 0 Å². The average Bonchev–Trinajstić information content (AvgIpc) is 2.37. The first-order valence-electron chi connectivity index (χ1n) is 6.47. The van der Waals surface area contributed by atoms with Crippen molar-refractivity contribution in [2.45, 2.75) is 31.9 Å². The van der Waals surface area contributed by atoms with Gasteiger partial charge in [-0.1, -0.05) is 0 Å². The molecule has 102 valence electrons. The van der Waals surface area contributed by atoms with E-state index in [1.807, 2.05) is 18.7 Å². The number of rotatable bonds is 9. The van der Waals surface area contributed by atoms with E-state index in [4.69, 9.17) is 9.47 Å². The third-order valence-corrected chi connectivity index (χ3v) is 3.80. The van der Waals surface area contributed by atoms with Crippen molar-refractivity contribution in [3.63, 3.8) is 0 Å². The monoisotopic (exact) mass is 263 g/mol. The molecule has 17 heavy (non-hydrogen) atoms. The Morgan fingerprint density at radius 2 is 2.00 bits per heavy atom. The van der Waals surface area contributed by atoms with Crippen LogP contribution in [0.5, 0.6) is 0 Å². The second kappa shape index (κ2) is 10.1. The molecule has 0 radical (unpaired) electrons. The lowest BCUT2D eigenvalue weighted by Crippen LogP contribution is -2.39. The lowest BCUT2D eigenvalue weighted by atomic mass is 10.1. The molecular weight excluding hydrogens is 238 g/mol. The summed E-state index contributed by atoms with van der Waals surface area (Å²) in [5.74, 6) is 2.47. The quantitative estimate of drug-likeness (QED) is 0.605. The largest absolute Gasteiger partial charge is 0.389 e. The highest BCUT2D eigenvalue weighted by molar-refractivity contribution is 7.99. The molecule has 1 atom stereocenters. The Labute approximate surface area is 108 Å². The van der Waals surface area contributed by atoms with Crippen LogP contribution in [0.15, 0.2) is 0 Å². The number of nitrogens with one attached hydrogen (secondary N) is 1. The number of aliphatic hydroxyl groups excluding tert-OH is 1. The van der Waals surface area contributed by atoms with Crippen molar-refractivity contribution in [1.82, 2.24) is 5.32 Å². The van der Waals surface area contributed by atoms with Gasteiger partial charge >= 0.3 is 0 Å². The molecule has 1 aliphatic heterocycles. The fourth-order valence-corrected chi connectivity index (χ4v) is 2.85. The lowest BCUT2D eigenvalue weighted by molar-refractivity contribution is 0.00566. The van der Waals surface area contributed by atoms with Crippen molar-refractivity contribution in [2.24, 2.45) is 0 Å². The van der Waals surface area contributed by atoms with Crippen LogP contribution in [0.2, 0.25) is 0 Å². The first kappa shape index (κ1) is 15.2. The van der Waals surface area contributed by atoms with Gasteiger partial charge < -0.3 is 19.9 Å². The molecule has 0 aromatic carbocycles. The number of hydrogen-bond acceptors (Lipinski definition) is 5. The molecule has 1 fully saturated rings. The summed E-state index contributed by atoms with van der Waals surface area (Å²) < 4.78 is 10.5. The minimum absolute atomic E-state index is 0.390. The third-order valence-electron chi connectivity index (χ3n) is 2.75. The van der Waals surface area contributed by atoms with E-state index in [0.717, 1.165) is 0 Å². The number of aliphatic hydroxyl groups is 1. The van der Waals surface area contributed by atoms with E-state index in [1.54, 1.807) is 0 Å². The van der Waals surface area contributed by atoms with E-state index in [1.165, 1.54) is 24.3 Å². The Bertz CT molecular complexity index is 177. The van der Waals surface area contributed by atoms with E-state index < -0.39 is 6.10 Å². The van der Waals surface area contributed by atoms with Gasteiger partial charge in [-0.05, 0) is 31.3 Å². The second-order valence-corrected chi connectivity index (χ2v) is 5.45. The Kier molecular flexibility index (Phi) is 9.10. The van der Waals surface area contributed by atoms with Crippen LogP contribution in [0.1, 0.15) is 19.8 Å². The van der Waals surface area contributed by atoms with Gasteiger partial charge in [0.15, 0.2) is 0 Å². The van der Waals surface area contributed by atoms with Gasteiger partial charge in [-0.15, -0.1) is 0 Å². The van der Waals surface area contributed by atoms with Crippen LogP contribution in [0.4, 0.5) is 0 Å². The second-order valence-electron chi connectivity index (χ2n) is 4.22. The molecule has 0 saturated carbocycles. The zero-order valence-electron chi connectivity index (χ0n) is 10.7. The van der Waals surface area contributed by atoms with E-state index in [2.05, 4.69) is 5.32 Å². The molecule has 1 heterocycles. The SMILES string of the molecule is CCOCCOCC(O)CNC1CCSCC1. The van der Waals surface area contributed by atoms with Gasteiger partial charge in [0.05, 0.1) is 25.9 Å². The normalized spacial score (nSPS) is 19.4. The minimum Gasteiger partial charge on any atom is -0.389 e. The van der Waals surface area contributed by atoms with Crippen molar-refractivity contribution in [1.29, 1.82) is 0 Å². The highest BCUT2D eigenvalue weighted by Crippen LogP contribution is 2.16. The zero-order valence-corrected chi connectivity index (χ0v) is 11.5. The van der Waals surface area contributed by atoms with Gasteiger partial charge in [-0.25, -0.2) is 0 Å². The van der Waals surface area contributed by atoms with Gasteiger partial charge in [0.25, 0.3) is 0 Å². The highest BCUT2D eigenvalue weighted by Gasteiger charge is 2.14. The molecule has 0 aromatic heterocycles. The third kappa shape index (κ3) is 8.00. The predicted octanol–water partition coefficient (Wildman–Crippen LogP) is 0.886. The van der Waals surface area contributed by atoms with Crippen LogP contribution in [0.25, 0.3) is 0 Å². The molecule has 1 rings (SSSR count). The van der Waals surface area contributed by atoms with E-state index in [-0.39, 0.29) is 0 Å². The van der Waals surface area contributed by atoms with Gasteiger partial charge in [0.2, 0.25) is 0 Å². The summed E-state index contributed by atoms with van der Waals surface area (Å²) in [5, 5.41) is 13.1. The molecule has 0 aromatic rings. The number of hydrogen-bond donors (Lipinski definition) is 2. The maximum Gasteiger partial charge on any atom is 0.0897 e. The number of thioether (sulfide) groups is 1. The van der Waals surface area contributed by atoms with Crippen molar-refractivity contribution in [2.75, 3.05) is 44.5 Å². The molecule has 0 aliphatic carbocycles. The Morgan fingerprint density at radius 3 is 2.71 bits per heavy atom. The van der Waals surface area contributed by atoms with Crippen LogP contribution in [0.3, 0.4) is 0 Å². The number of ether oxygens (including phenoxy) is 2. The molecule has 0 bridgehead atoms. The van der Waals surface area contributed by atoms with Gasteiger partial charge in [-0.2, -0.15) is 11.8 Å². The van der Waals surface area contributed by atoms with E-state index >= 15 is 0 Å². The summed E-state index contributed by atoms with van der Waals surface area (Å²) >= 11 is 2.01. The fraction of sp³-hybridized carbons (Fsp3) is 1.00. The molecule has 0 spiro atoms. The van der Waals surface area contributed by atoms with Gasteiger partial charge in [-0.3, -0.25) is 0 Å². The van der Waals surface area contributed by atoms with Crippen LogP contribution in [0, 0.1) is 0 Å². The first-order chi connectivity index (χ1) is 8.33. The predicted molar refractivity (Wildman–Crippen MR) is 71.7 cm³/mol. The van der Waals surface area contributed by atoms with Gasteiger partial charge in [0.1, 0.15) is 0 Å².